The van der Waals surface area contributed by atoms with Crippen molar-refractivity contribution in [1.29, 1.82) is 0 Å². The Balaban J connectivity index is 2.21. The van der Waals surface area contributed by atoms with Crippen LogP contribution in [0, 0.1) is 5.92 Å². The summed E-state index contributed by atoms with van der Waals surface area (Å²) >= 11 is 0. The first-order chi connectivity index (χ1) is 8.26. The molecule has 17 heavy (non-hydrogen) atoms. The van der Waals surface area contributed by atoms with E-state index in [0.29, 0.717) is 5.92 Å². The number of methoxy groups -OCH3 is 1. The molecule has 1 aliphatic rings. The predicted octanol–water partition coefficient (Wildman–Crippen LogP) is 2.58. The quantitative estimate of drug-likeness (QED) is 0.825. The highest BCUT2D eigenvalue weighted by Gasteiger charge is 2.24. The third-order valence-corrected chi connectivity index (χ3v) is 3.19. The number of hydrogen-bond donors (Lipinski definition) is 1. The lowest BCUT2D eigenvalue weighted by atomic mass is 10.0. The Kier molecular flexibility index (Phi) is 3.89. The van der Waals surface area contributed by atoms with Crippen LogP contribution >= 0.6 is 0 Å². The van der Waals surface area contributed by atoms with Crippen molar-refractivity contribution in [1.82, 2.24) is 0 Å². The maximum atomic E-state index is 9.27. The molecule has 0 bridgehead atoms. The molecule has 2 rings (SSSR count). The molecule has 1 aliphatic carbocycles. The van der Waals surface area contributed by atoms with Gasteiger partial charge in [0.15, 0.2) is 11.5 Å². The second-order valence-corrected chi connectivity index (χ2v) is 4.72. The molecule has 0 heterocycles. The smallest absolute Gasteiger partial charge is 0.164 e. The number of aliphatic hydroxyl groups is 1. The molecule has 1 aromatic rings. The normalized spacial score (nSPS) is 16.6. The molecule has 3 nitrogen and oxygen atoms in total. The second kappa shape index (κ2) is 5.41. The molecule has 1 saturated carbocycles. The molecule has 3 heteroatoms. The summed E-state index contributed by atoms with van der Waals surface area (Å²) < 4.78 is 11.2. The molecule has 0 aliphatic heterocycles. The van der Waals surface area contributed by atoms with Gasteiger partial charge in [-0.3, -0.25) is 0 Å². The van der Waals surface area contributed by atoms with Crippen LogP contribution < -0.4 is 9.47 Å². The van der Waals surface area contributed by atoms with Gasteiger partial charge in [0.1, 0.15) is 0 Å². The SMILES string of the molecule is COc1cccc(C(C)CO)c1OCC1CC1. The third-order valence-electron chi connectivity index (χ3n) is 3.19. The highest BCUT2D eigenvalue weighted by atomic mass is 16.5. The lowest BCUT2D eigenvalue weighted by molar-refractivity contribution is 0.254. The van der Waals surface area contributed by atoms with E-state index in [9.17, 15) is 5.11 Å². The van der Waals surface area contributed by atoms with Gasteiger partial charge in [-0.25, -0.2) is 0 Å². The van der Waals surface area contributed by atoms with E-state index in [1.165, 1.54) is 12.8 Å². The summed E-state index contributed by atoms with van der Waals surface area (Å²) in [5.41, 5.74) is 1.02. The highest BCUT2D eigenvalue weighted by molar-refractivity contribution is 5.48. The van der Waals surface area contributed by atoms with E-state index < -0.39 is 0 Å². The van der Waals surface area contributed by atoms with Gasteiger partial charge in [0, 0.05) is 18.1 Å². The van der Waals surface area contributed by atoms with Crippen molar-refractivity contribution in [3.05, 3.63) is 23.8 Å². The zero-order valence-corrected chi connectivity index (χ0v) is 10.5. The molecule has 1 N–H and O–H groups in total. The Labute approximate surface area is 102 Å². The van der Waals surface area contributed by atoms with Gasteiger partial charge in [-0.05, 0) is 24.8 Å². The van der Waals surface area contributed by atoms with Crippen LogP contribution in [0.25, 0.3) is 0 Å². The van der Waals surface area contributed by atoms with Crippen LogP contribution in [0.2, 0.25) is 0 Å². The minimum absolute atomic E-state index is 0.0688. The molecule has 0 amide bonds. The number of hydrogen-bond acceptors (Lipinski definition) is 3. The monoisotopic (exact) mass is 236 g/mol. The van der Waals surface area contributed by atoms with Crippen LogP contribution in [-0.4, -0.2) is 25.4 Å². The van der Waals surface area contributed by atoms with Gasteiger partial charge in [-0.1, -0.05) is 19.1 Å². The maximum absolute atomic E-state index is 9.27. The molecule has 0 saturated heterocycles. The predicted molar refractivity (Wildman–Crippen MR) is 66.7 cm³/mol. The molecular weight excluding hydrogens is 216 g/mol. The van der Waals surface area contributed by atoms with Gasteiger partial charge in [0.25, 0.3) is 0 Å². The minimum atomic E-state index is 0.0688. The van der Waals surface area contributed by atoms with Crippen molar-refractivity contribution in [3.63, 3.8) is 0 Å². The van der Waals surface area contributed by atoms with E-state index in [1.807, 2.05) is 25.1 Å². The number of para-hydroxylation sites is 1. The Bertz CT molecular complexity index is 372. The fraction of sp³-hybridized carbons (Fsp3) is 0.571. The number of aliphatic hydroxyl groups excluding tert-OH is 1. The summed E-state index contributed by atoms with van der Waals surface area (Å²) in [6.07, 6.45) is 2.53. The Morgan fingerprint density at radius 1 is 1.41 bits per heavy atom. The number of rotatable bonds is 6. The standard InChI is InChI=1S/C14H20O3/c1-10(8-15)12-4-3-5-13(16-2)14(12)17-9-11-6-7-11/h3-5,10-11,15H,6-9H2,1-2H3. The van der Waals surface area contributed by atoms with Crippen molar-refractivity contribution in [3.8, 4) is 11.5 Å². The topological polar surface area (TPSA) is 38.7 Å². The van der Waals surface area contributed by atoms with Gasteiger partial charge in [-0.2, -0.15) is 0 Å². The first-order valence-corrected chi connectivity index (χ1v) is 6.16. The summed E-state index contributed by atoms with van der Waals surface area (Å²) in [4.78, 5) is 0. The van der Waals surface area contributed by atoms with E-state index in [2.05, 4.69) is 0 Å². The lowest BCUT2D eigenvalue weighted by Crippen LogP contribution is -2.07. The Morgan fingerprint density at radius 3 is 2.76 bits per heavy atom. The van der Waals surface area contributed by atoms with Gasteiger partial charge >= 0.3 is 0 Å². The van der Waals surface area contributed by atoms with Crippen molar-refractivity contribution < 1.29 is 14.6 Å². The highest BCUT2D eigenvalue weighted by Crippen LogP contribution is 2.37. The third kappa shape index (κ3) is 2.91. The van der Waals surface area contributed by atoms with Crippen molar-refractivity contribution >= 4 is 0 Å². The van der Waals surface area contributed by atoms with Crippen LogP contribution in [-0.2, 0) is 0 Å². The molecule has 1 atom stereocenters. The second-order valence-electron chi connectivity index (χ2n) is 4.72. The van der Waals surface area contributed by atoms with Crippen LogP contribution in [0.5, 0.6) is 11.5 Å². The van der Waals surface area contributed by atoms with Crippen molar-refractivity contribution in [2.45, 2.75) is 25.7 Å². The Morgan fingerprint density at radius 2 is 2.18 bits per heavy atom. The first kappa shape index (κ1) is 12.2. The summed E-state index contributed by atoms with van der Waals surface area (Å²) in [6.45, 7) is 2.86. The molecule has 0 spiro atoms. The Hall–Kier alpha value is -1.22. The largest absolute Gasteiger partial charge is 0.493 e. The summed E-state index contributed by atoms with van der Waals surface area (Å²) in [5.74, 6) is 2.32. The molecular formula is C14H20O3. The molecule has 1 aromatic carbocycles. The van der Waals surface area contributed by atoms with Gasteiger partial charge in [-0.15, -0.1) is 0 Å². The number of ether oxygens (including phenoxy) is 2. The van der Waals surface area contributed by atoms with Crippen LogP contribution in [0.4, 0.5) is 0 Å². The summed E-state index contributed by atoms with van der Waals surface area (Å²) in [5, 5.41) is 9.27. The average molecular weight is 236 g/mol. The number of benzene rings is 1. The van der Waals surface area contributed by atoms with Crippen LogP contribution in [0.3, 0.4) is 0 Å². The zero-order chi connectivity index (χ0) is 12.3. The van der Waals surface area contributed by atoms with Crippen molar-refractivity contribution in [2.75, 3.05) is 20.3 Å². The zero-order valence-electron chi connectivity index (χ0n) is 10.5. The van der Waals surface area contributed by atoms with E-state index >= 15 is 0 Å². The van der Waals surface area contributed by atoms with Crippen molar-refractivity contribution in [2.24, 2.45) is 5.92 Å². The summed E-state index contributed by atoms with van der Waals surface area (Å²) in [6, 6.07) is 5.83. The van der Waals surface area contributed by atoms with E-state index in [4.69, 9.17) is 9.47 Å². The van der Waals surface area contributed by atoms with Gasteiger partial charge in [0.2, 0.25) is 0 Å². The lowest BCUT2D eigenvalue weighted by Gasteiger charge is -2.18. The molecule has 94 valence electrons. The fourth-order valence-electron chi connectivity index (χ4n) is 1.82. The van der Waals surface area contributed by atoms with Crippen LogP contribution in [0.15, 0.2) is 18.2 Å². The van der Waals surface area contributed by atoms with Gasteiger partial charge in [0.05, 0.1) is 13.7 Å². The minimum Gasteiger partial charge on any atom is -0.493 e. The molecule has 0 aromatic heterocycles. The fourth-order valence-corrected chi connectivity index (χ4v) is 1.82. The molecule has 0 radical (unpaired) electrons. The van der Waals surface area contributed by atoms with E-state index in [0.717, 1.165) is 23.7 Å². The molecule has 1 fully saturated rings. The molecule has 1 unspecified atom stereocenters. The van der Waals surface area contributed by atoms with E-state index in [1.54, 1.807) is 7.11 Å². The summed E-state index contributed by atoms with van der Waals surface area (Å²) in [7, 11) is 1.65. The maximum Gasteiger partial charge on any atom is 0.164 e. The first-order valence-electron chi connectivity index (χ1n) is 6.16. The van der Waals surface area contributed by atoms with Crippen LogP contribution in [0.1, 0.15) is 31.2 Å². The van der Waals surface area contributed by atoms with Gasteiger partial charge < -0.3 is 14.6 Å². The average Bonchev–Trinajstić information content (AvgIpc) is 3.18. The van der Waals surface area contributed by atoms with E-state index in [-0.39, 0.29) is 12.5 Å².